The molecule has 0 aromatic heterocycles. The Balaban J connectivity index is 2.33. The molecule has 1 heterocycles. The fourth-order valence-corrected chi connectivity index (χ4v) is 3.00. The van der Waals surface area contributed by atoms with E-state index in [0.717, 1.165) is 12.0 Å². The Morgan fingerprint density at radius 1 is 1.27 bits per heavy atom. The lowest BCUT2D eigenvalue weighted by Crippen LogP contribution is -2.34. The van der Waals surface area contributed by atoms with Crippen molar-refractivity contribution in [3.63, 3.8) is 0 Å². The number of amides is 1. The largest absolute Gasteiger partial charge is 0.493 e. The van der Waals surface area contributed by atoms with E-state index < -0.39 is 0 Å². The van der Waals surface area contributed by atoms with Gasteiger partial charge >= 0.3 is 0 Å². The number of nitrogens with zero attached hydrogens (tertiary/aromatic N) is 1. The normalized spacial score (nSPS) is 21.3. The maximum Gasteiger partial charge on any atom is 0.224 e. The Morgan fingerprint density at radius 3 is 2.68 bits per heavy atom. The van der Waals surface area contributed by atoms with E-state index in [9.17, 15) is 4.79 Å². The van der Waals surface area contributed by atoms with E-state index in [1.807, 2.05) is 23.1 Å². The average molecular weight is 308 g/mol. The zero-order valence-electron chi connectivity index (χ0n) is 13.4. The smallest absolute Gasteiger partial charge is 0.224 e. The first kappa shape index (κ1) is 16.6. The molecule has 1 aliphatic rings. The van der Waals surface area contributed by atoms with Crippen LogP contribution in [0.15, 0.2) is 18.2 Å². The van der Waals surface area contributed by atoms with E-state index in [1.54, 1.807) is 21.3 Å². The van der Waals surface area contributed by atoms with Crippen molar-refractivity contribution in [1.29, 1.82) is 0 Å². The lowest BCUT2D eigenvalue weighted by molar-refractivity contribution is -0.129. The first-order valence-corrected chi connectivity index (χ1v) is 7.38. The van der Waals surface area contributed by atoms with Crippen molar-refractivity contribution in [2.75, 3.05) is 34.5 Å². The third kappa shape index (κ3) is 3.18. The number of carbonyl (C=O) groups excluding carboxylic acids is 1. The third-order valence-electron chi connectivity index (χ3n) is 3.97. The van der Waals surface area contributed by atoms with Crippen LogP contribution in [0.25, 0.3) is 0 Å². The van der Waals surface area contributed by atoms with Gasteiger partial charge in [-0.05, 0) is 12.5 Å². The van der Waals surface area contributed by atoms with Gasteiger partial charge in [0, 0.05) is 38.3 Å². The number of hydrogen-bond donors (Lipinski definition) is 1. The molecule has 2 N–H and O–H groups in total. The lowest BCUT2D eigenvalue weighted by atomic mass is 9.99. The molecule has 0 spiro atoms. The van der Waals surface area contributed by atoms with E-state index >= 15 is 0 Å². The Kier molecular flexibility index (Phi) is 5.63. The van der Waals surface area contributed by atoms with Gasteiger partial charge in [0.15, 0.2) is 11.5 Å². The third-order valence-corrected chi connectivity index (χ3v) is 3.97. The molecular formula is C16H24N2O4. The van der Waals surface area contributed by atoms with Crippen molar-refractivity contribution >= 4 is 5.91 Å². The number of hydrogen-bond acceptors (Lipinski definition) is 5. The molecule has 0 radical (unpaired) electrons. The molecule has 1 aromatic carbocycles. The summed E-state index contributed by atoms with van der Waals surface area (Å²) >= 11 is 0. The highest BCUT2D eigenvalue weighted by Gasteiger charge is 2.40. The van der Waals surface area contributed by atoms with Crippen molar-refractivity contribution in [3.05, 3.63) is 23.8 Å². The van der Waals surface area contributed by atoms with Crippen LogP contribution in [0.4, 0.5) is 0 Å². The summed E-state index contributed by atoms with van der Waals surface area (Å²) in [5, 5.41) is 0. The van der Waals surface area contributed by atoms with E-state index in [-0.39, 0.29) is 18.0 Å². The Labute approximate surface area is 131 Å². The molecule has 6 heteroatoms. The molecule has 1 amide bonds. The highest BCUT2D eigenvalue weighted by atomic mass is 16.5. The van der Waals surface area contributed by atoms with Crippen LogP contribution in [-0.2, 0) is 9.53 Å². The van der Waals surface area contributed by atoms with Crippen molar-refractivity contribution < 1.29 is 19.0 Å². The molecule has 0 saturated carbocycles. The summed E-state index contributed by atoms with van der Waals surface area (Å²) in [5.74, 6) is 1.35. The number of para-hydroxylation sites is 1. The molecule has 2 atom stereocenters. The maximum atomic E-state index is 12.2. The molecule has 1 aromatic rings. The molecule has 6 nitrogen and oxygen atoms in total. The van der Waals surface area contributed by atoms with Gasteiger partial charge in [0.1, 0.15) is 0 Å². The molecule has 22 heavy (non-hydrogen) atoms. The van der Waals surface area contributed by atoms with E-state index in [0.29, 0.717) is 31.1 Å². The van der Waals surface area contributed by atoms with Crippen LogP contribution in [0, 0.1) is 0 Å². The van der Waals surface area contributed by atoms with Crippen LogP contribution in [0.5, 0.6) is 11.5 Å². The van der Waals surface area contributed by atoms with Gasteiger partial charge in [0.2, 0.25) is 5.91 Å². The average Bonchev–Trinajstić information content (AvgIpc) is 2.80. The summed E-state index contributed by atoms with van der Waals surface area (Å²) in [7, 11) is 4.84. The zero-order valence-corrected chi connectivity index (χ0v) is 13.4. The molecule has 1 fully saturated rings. The highest BCUT2D eigenvalue weighted by Crippen LogP contribution is 2.41. The van der Waals surface area contributed by atoms with Crippen molar-refractivity contribution in [2.24, 2.45) is 5.73 Å². The lowest BCUT2D eigenvalue weighted by Gasteiger charge is -2.29. The minimum Gasteiger partial charge on any atom is -0.493 e. The first-order valence-electron chi connectivity index (χ1n) is 7.38. The Hall–Kier alpha value is -1.79. The summed E-state index contributed by atoms with van der Waals surface area (Å²) in [5.41, 5.74) is 7.11. The molecule has 2 unspecified atom stereocenters. The van der Waals surface area contributed by atoms with E-state index in [4.69, 9.17) is 19.9 Å². The monoisotopic (exact) mass is 308 g/mol. The number of likely N-dealkylation sites (tertiary alicyclic amines) is 1. The Bertz CT molecular complexity index is 521. The molecule has 0 bridgehead atoms. The van der Waals surface area contributed by atoms with Gasteiger partial charge in [-0.2, -0.15) is 0 Å². The minimum absolute atomic E-state index is 0.0680. The van der Waals surface area contributed by atoms with Crippen LogP contribution in [0.2, 0.25) is 0 Å². The van der Waals surface area contributed by atoms with E-state index in [2.05, 4.69) is 0 Å². The second-order valence-electron chi connectivity index (χ2n) is 5.33. The molecule has 122 valence electrons. The quantitative estimate of drug-likeness (QED) is 0.770. The fraction of sp³-hybridized carbons (Fsp3) is 0.562. The summed E-state index contributed by atoms with van der Waals surface area (Å²) in [4.78, 5) is 14.1. The number of ether oxygens (including phenoxy) is 3. The van der Waals surface area contributed by atoms with Crippen LogP contribution < -0.4 is 15.2 Å². The molecule has 1 saturated heterocycles. The summed E-state index contributed by atoms with van der Waals surface area (Å²) < 4.78 is 15.9. The summed E-state index contributed by atoms with van der Waals surface area (Å²) in [6, 6.07) is 5.21. The number of nitrogens with two attached hydrogens (primary N) is 1. The van der Waals surface area contributed by atoms with Crippen molar-refractivity contribution in [2.45, 2.75) is 24.9 Å². The second-order valence-corrected chi connectivity index (χ2v) is 5.33. The zero-order chi connectivity index (χ0) is 16.1. The molecular weight excluding hydrogens is 284 g/mol. The van der Waals surface area contributed by atoms with Gasteiger partial charge in [0.05, 0.1) is 20.3 Å². The first-order chi connectivity index (χ1) is 10.6. The summed E-state index contributed by atoms with van der Waals surface area (Å²) in [6.07, 6.45) is 1.12. The minimum atomic E-state index is -0.254. The van der Waals surface area contributed by atoms with E-state index in [1.165, 1.54) is 0 Å². The van der Waals surface area contributed by atoms with Crippen LogP contribution in [-0.4, -0.2) is 51.3 Å². The van der Waals surface area contributed by atoms with Crippen LogP contribution >= 0.6 is 0 Å². The summed E-state index contributed by atoms with van der Waals surface area (Å²) in [6.45, 7) is 1.23. The SMILES string of the molecule is COCCCN1C(=O)CC(N)C1c1cccc(OC)c1OC. The second kappa shape index (κ2) is 7.47. The highest BCUT2D eigenvalue weighted by molar-refractivity contribution is 5.80. The number of methoxy groups -OCH3 is 3. The molecule has 1 aliphatic heterocycles. The standard InChI is InChI=1S/C16H24N2O4/c1-20-9-5-8-18-14(19)10-12(17)15(18)11-6-4-7-13(21-2)16(11)22-3/h4,6-7,12,15H,5,8-10,17H2,1-3H3. The molecule has 0 aliphatic carbocycles. The van der Waals surface area contributed by atoms with Crippen molar-refractivity contribution in [3.8, 4) is 11.5 Å². The predicted molar refractivity (Wildman–Crippen MR) is 83.1 cm³/mol. The molecule has 2 rings (SSSR count). The number of rotatable bonds is 7. The fourth-order valence-electron chi connectivity index (χ4n) is 3.00. The van der Waals surface area contributed by atoms with Gasteiger partial charge in [-0.1, -0.05) is 12.1 Å². The Morgan fingerprint density at radius 2 is 2.05 bits per heavy atom. The van der Waals surface area contributed by atoms with Crippen LogP contribution in [0.1, 0.15) is 24.4 Å². The maximum absolute atomic E-state index is 12.2. The predicted octanol–water partition coefficient (Wildman–Crippen LogP) is 1.34. The number of carbonyl (C=O) groups is 1. The van der Waals surface area contributed by atoms with Gasteiger partial charge in [-0.25, -0.2) is 0 Å². The topological polar surface area (TPSA) is 74.0 Å². The van der Waals surface area contributed by atoms with Crippen LogP contribution in [0.3, 0.4) is 0 Å². The van der Waals surface area contributed by atoms with Gasteiger partial charge < -0.3 is 24.8 Å². The van der Waals surface area contributed by atoms with Gasteiger partial charge in [-0.3, -0.25) is 4.79 Å². The number of benzene rings is 1. The van der Waals surface area contributed by atoms with Crippen molar-refractivity contribution in [1.82, 2.24) is 4.90 Å². The van der Waals surface area contributed by atoms with Gasteiger partial charge in [0.25, 0.3) is 0 Å². The van der Waals surface area contributed by atoms with Gasteiger partial charge in [-0.15, -0.1) is 0 Å².